The van der Waals surface area contributed by atoms with E-state index in [1.807, 2.05) is 11.8 Å². The molecular weight excluding hydrogens is 906 g/mol. The van der Waals surface area contributed by atoms with Crippen LogP contribution in [-0.4, -0.2) is 14.1 Å². The van der Waals surface area contributed by atoms with Crippen LogP contribution < -0.4 is 9.80 Å². The number of benzene rings is 7. The molecule has 0 amide bonds. The number of anilines is 4. The van der Waals surface area contributed by atoms with Gasteiger partial charge in [-0.25, -0.2) is 0 Å². The Kier molecular flexibility index (Phi) is 13.0. The first-order chi connectivity index (χ1) is 33.4. The van der Waals surface area contributed by atoms with E-state index in [2.05, 4.69) is 170 Å². The fourth-order valence-corrected chi connectivity index (χ4v) is 15.1. The Morgan fingerprint density at radius 2 is 1.29 bits per heavy atom. The molecule has 0 N–H and O–H groups in total. The van der Waals surface area contributed by atoms with Gasteiger partial charge in [0.05, 0.1) is 28.3 Å². The molecule has 7 aromatic rings. The first-order valence-corrected chi connectivity index (χ1v) is 27.6. The number of nitrogens with zero attached hydrogens (tertiary/aromatic N) is 2. The molecule has 1 fully saturated rings. The smallest absolute Gasteiger partial charge is 0.343 e. The van der Waals surface area contributed by atoms with Crippen molar-refractivity contribution in [2.75, 3.05) is 23.9 Å². The van der Waals surface area contributed by atoms with Gasteiger partial charge in [0.2, 0.25) is 0 Å². The third kappa shape index (κ3) is 8.43. The van der Waals surface area contributed by atoms with Crippen LogP contribution >= 0.6 is 23.5 Å². The van der Waals surface area contributed by atoms with Crippen molar-refractivity contribution in [1.82, 2.24) is 0 Å². The van der Waals surface area contributed by atoms with Gasteiger partial charge >= 0.3 is 6.18 Å². The molecular formula is C63H69F3N2S2. The van der Waals surface area contributed by atoms with Gasteiger partial charge in [-0.05, 0) is 159 Å². The quantitative estimate of drug-likeness (QED) is 0.140. The van der Waals surface area contributed by atoms with Gasteiger partial charge in [0.1, 0.15) is 0 Å². The summed E-state index contributed by atoms with van der Waals surface area (Å²) in [5.74, 6) is 1.82. The molecule has 70 heavy (non-hydrogen) atoms. The van der Waals surface area contributed by atoms with Crippen LogP contribution in [0.4, 0.5) is 35.9 Å². The maximum Gasteiger partial charge on any atom is 0.416 e. The minimum Gasteiger partial charge on any atom is -0.343 e. The first-order valence-electron chi connectivity index (χ1n) is 26.0. The van der Waals surface area contributed by atoms with Crippen molar-refractivity contribution in [3.8, 4) is 11.1 Å². The molecule has 2 nitrogen and oxygen atoms in total. The largest absolute Gasteiger partial charge is 0.416 e. The summed E-state index contributed by atoms with van der Waals surface area (Å²) in [5.41, 5.74) is 14.1. The Morgan fingerprint density at radius 1 is 0.629 bits per heavy atom. The third-order valence-electron chi connectivity index (χ3n) is 16.8. The highest BCUT2D eigenvalue weighted by Gasteiger charge is 2.38. The fraction of sp³-hybridized carbons (Fsp3) is 0.397. The highest BCUT2D eigenvalue weighted by molar-refractivity contribution is 8.00. The molecule has 2 unspecified atom stereocenters. The summed E-state index contributed by atoms with van der Waals surface area (Å²) in [6.07, 6.45) is 6.76. The molecule has 2 aliphatic carbocycles. The van der Waals surface area contributed by atoms with Crippen LogP contribution in [0.2, 0.25) is 0 Å². The first kappa shape index (κ1) is 48.8. The lowest BCUT2D eigenvalue weighted by atomic mass is 9.79. The molecule has 1 saturated carbocycles. The van der Waals surface area contributed by atoms with Gasteiger partial charge in [-0.3, -0.25) is 0 Å². The summed E-state index contributed by atoms with van der Waals surface area (Å²) in [6, 6.07) is 38.6. The maximum absolute atomic E-state index is 13.9. The standard InChI is InChI=1S/C35H40F3NS.C28H29NS/c1-8-17-34(5,6)23-12-14-26-28(19-23)29-20-24(35(36,37)38)13-15-27(29)33-32(26)39(7)30-16-11-22(18-31(30)40-33)25(10-3)21(4)9-2;1-28(2)22-12-8-7-11-20(22)21-16-25-27(17-23(21)28)30-26-15-19(13-14-24(26)29(25)3)18-9-5-4-6-10-18/h11-16,18-21,25H,8-10,17H2,1-7H3;7-8,11-18H,4-6,9-10H2,1-3H3. The molecule has 7 aromatic carbocycles. The molecule has 2 atom stereocenters. The van der Waals surface area contributed by atoms with Crippen LogP contribution in [0.1, 0.15) is 158 Å². The number of hydrogen-bond acceptors (Lipinski definition) is 4. The van der Waals surface area contributed by atoms with E-state index in [-0.39, 0.29) is 10.8 Å². The molecule has 0 bridgehead atoms. The average molecular weight is 975 g/mol. The molecule has 0 saturated heterocycles. The van der Waals surface area contributed by atoms with Crippen molar-refractivity contribution in [3.05, 3.63) is 143 Å². The van der Waals surface area contributed by atoms with Crippen LogP contribution in [0, 0.1) is 5.92 Å². The average Bonchev–Trinajstić information content (AvgIpc) is 3.57. The SMILES string of the molecule is CCCC(C)(C)c1ccc2c3c(c4ccc(C(F)(F)F)cc4c2c1)Sc1cc(C(CC)C(C)CC)ccc1N3C.CN1c2ccc(C3CCCCC3)cc2Sc2cc3c(cc21)-c1ccccc1C3(C)C. The topological polar surface area (TPSA) is 6.48 Å². The van der Waals surface area contributed by atoms with E-state index in [0.717, 1.165) is 74.5 Å². The molecule has 364 valence electrons. The van der Waals surface area contributed by atoms with Crippen molar-refractivity contribution >= 4 is 67.8 Å². The maximum atomic E-state index is 13.9. The van der Waals surface area contributed by atoms with E-state index in [0.29, 0.717) is 17.2 Å². The van der Waals surface area contributed by atoms with E-state index in [1.54, 1.807) is 23.4 Å². The van der Waals surface area contributed by atoms with Gasteiger partial charge in [-0.15, -0.1) is 0 Å². The Balaban J connectivity index is 0.000000168. The molecule has 2 heterocycles. The summed E-state index contributed by atoms with van der Waals surface area (Å²) < 4.78 is 41.8. The van der Waals surface area contributed by atoms with Gasteiger partial charge in [-0.1, -0.05) is 166 Å². The van der Waals surface area contributed by atoms with Gasteiger partial charge < -0.3 is 9.80 Å². The Labute approximate surface area is 423 Å². The highest BCUT2D eigenvalue weighted by atomic mass is 32.2. The lowest BCUT2D eigenvalue weighted by molar-refractivity contribution is -0.137. The van der Waals surface area contributed by atoms with Crippen molar-refractivity contribution < 1.29 is 13.2 Å². The molecule has 0 aromatic heterocycles. The zero-order chi connectivity index (χ0) is 49.4. The predicted octanol–water partition coefficient (Wildman–Crippen LogP) is 20.1. The minimum absolute atomic E-state index is 0.0598. The van der Waals surface area contributed by atoms with Crippen LogP contribution in [0.15, 0.2) is 129 Å². The van der Waals surface area contributed by atoms with Crippen LogP contribution in [0.25, 0.3) is 32.7 Å². The lowest BCUT2D eigenvalue weighted by Crippen LogP contribution is -2.18. The van der Waals surface area contributed by atoms with Crippen molar-refractivity contribution in [1.29, 1.82) is 0 Å². The molecule has 11 rings (SSSR count). The molecule has 0 radical (unpaired) electrons. The van der Waals surface area contributed by atoms with E-state index < -0.39 is 11.7 Å². The van der Waals surface area contributed by atoms with Crippen LogP contribution in [-0.2, 0) is 17.0 Å². The third-order valence-corrected chi connectivity index (χ3v) is 19.0. The van der Waals surface area contributed by atoms with Gasteiger partial charge in [0.25, 0.3) is 0 Å². The Morgan fingerprint density at radius 3 is 2.01 bits per heavy atom. The number of alkyl halides is 3. The molecule has 2 aliphatic heterocycles. The molecule has 0 spiro atoms. The van der Waals surface area contributed by atoms with Crippen LogP contribution in [0.3, 0.4) is 0 Å². The van der Waals surface area contributed by atoms with Gasteiger partial charge in [-0.2, -0.15) is 13.2 Å². The van der Waals surface area contributed by atoms with Gasteiger partial charge in [0, 0.05) is 44.5 Å². The zero-order valence-corrected chi connectivity index (χ0v) is 44.5. The monoisotopic (exact) mass is 974 g/mol. The highest BCUT2D eigenvalue weighted by Crippen LogP contribution is 2.57. The molecule has 7 heteroatoms. The summed E-state index contributed by atoms with van der Waals surface area (Å²) >= 11 is 3.67. The number of fused-ring (bicyclic) bond motifs is 12. The summed E-state index contributed by atoms with van der Waals surface area (Å²) in [4.78, 5) is 9.65. The lowest BCUT2D eigenvalue weighted by Gasteiger charge is -2.34. The van der Waals surface area contributed by atoms with E-state index in [4.69, 9.17) is 0 Å². The fourth-order valence-electron chi connectivity index (χ4n) is 12.5. The molecule has 4 aliphatic rings. The normalized spacial score (nSPS) is 16.9. The second kappa shape index (κ2) is 18.6. The van der Waals surface area contributed by atoms with E-state index in [9.17, 15) is 13.2 Å². The van der Waals surface area contributed by atoms with E-state index in [1.165, 1.54) is 93.2 Å². The second-order valence-electron chi connectivity index (χ2n) is 21.9. The summed E-state index contributed by atoms with van der Waals surface area (Å²) in [7, 11) is 4.32. The Hall–Kier alpha value is -4.85. The second-order valence-corrected chi connectivity index (χ2v) is 24.0. The predicted molar refractivity (Wildman–Crippen MR) is 294 cm³/mol. The van der Waals surface area contributed by atoms with Crippen molar-refractivity contribution in [2.24, 2.45) is 5.92 Å². The van der Waals surface area contributed by atoms with Gasteiger partial charge in [0.15, 0.2) is 0 Å². The number of halogens is 3. The number of hydrogen-bond donors (Lipinski definition) is 0. The zero-order valence-electron chi connectivity index (χ0n) is 42.8. The van der Waals surface area contributed by atoms with Crippen molar-refractivity contribution in [3.63, 3.8) is 0 Å². The van der Waals surface area contributed by atoms with Crippen molar-refractivity contribution in [2.45, 2.75) is 162 Å². The Bertz CT molecular complexity index is 3140. The van der Waals surface area contributed by atoms with E-state index >= 15 is 0 Å². The number of rotatable bonds is 8. The summed E-state index contributed by atoms with van der Waals surface area (Å²) in [5, 5.41) is 3.43. The van der Waals surface area contributed by atoms with Crippen LogP contribution in [0.5, 0.6) is 0 Å². The minimum atomic E-state index is -4.40. The summed E-state index contributed by atoms with van der Waals surface area (Å²) in [6.45, 7) is 18.2.